The molecule has 2 saturated heterocycles. The molecule has 1 aromatic carbocycles. The molecule has 180 valence electrons. The van der Waals surface area contributed by atoms with Crippen LogP contribution in [0.15, 0.2) is 24.3 Å². The summed E-state index contributed by atoms with van der Waals surface area (Å²) in [5.74, 6) is 2.05. The van der Waals surface area contributed by atoms with E-state index in [4.69, 9.17) is 5.73 Å². The van der Waals surface area contributed by atoms with Gasteiger partial charge in [0.15, 0.2) is 0 Å². The number of nitrogens with zero attached hydrogens (tertiary/aromatic N) is 2. The molecular formula is C28H47N3O. The van der Waals surface area contributed by atoms with Crippen molar-refractivity contribution >= 4 is 5.91 Å². The first-order valence-electron chi connectivity index (χ1n) is 13.2. The first-order chi connectivity index (χ1) is 15.3. The summed E-state index contributed by atoms with van der Waals surface area (Å²) in [7, 11) is 0. The van der Waals surface area contributed by atoms with Gasteiger partial charge >= 0.3 is 0 Å². The van der Waals surface area contributed by atoms with Crippen molar-refractivity contribution in [1.29, 1.82) is 0 Å². The van der Waals surface area contributed by atoms with Gasteiger partial charge in [-0.1, -0.05) is 52.0 Å². The third-order valence-electron chi connectivity index (χ3n) is 8.56. The van der Waals surface area contributed by atoms with Gasteiger partial charge in [0.25, 0.3) is 0 Å². The summed E-state index contributed by atoms with van der Waals surface area (Å²) in [5.41, 5.74) is 7.95. The van der Waals surface area contributed by atoms with E-state index >= 15 is 0 Å². The third kappa shape index (κ3) is 6.57. The van der Waals surface area contributed by atoms with Gasteiger partial charge in [-0.3, -0.25) is 9.69 Å². The Hall–Kier alpha value is -1.39. The lowest BCUT2D eigenvalue weighted by atomic mass is 9.76. The minimum atomic E-state index is -0.422. The van der Waals surface area contributed by atoms with E-state index in [2.05, 4.69) is 54.8 Å². The Morgan fingerprint density at radius 3 is 2.00 bits per heavy atom. The van der Waals surface area contributed by atoms with Gasteiger partial charge in [0.1, 0.15) is 0 Å². The van der Waals surface area contributed by atoms with Crippen molar-refractivity contribution in [2.45, 2.75) is 85.1 Å². The van der Waals surface area contributed by atoms with Crippen LogP contribution in [0.25, 0.3) is 0 Å². The second-order valence-corrected chi connectivity index (χ2v) is 10.9. The fourth-order valence-corrected chi connectivity index (χ4v) is 5.97. The summed E-state index contributed by atoms with van der Waals surface area (Å²) in [4.78, 5) is 17.2. The van der Waals surface area contributed by atoms with E-state index in [0.717, 1.165) is 31.2 Å². The molecule has 1 aromatic rings. The molecule has 32 heavy (non-hydrogen) atoms. The van der Waals surface area contributed by atoms with Crippen LogP contribution in [0.1, 0.15) is 89.7 Å². The van der Waals surface area contributed by atoms with Crippen molar-refractivity contribution < 1.29 is 4.79 Å². The van der Waals surface area contributed by atoms with E-state index in [1.807, 2.05) is 6.92 Å². The number of likely N-dealkylation sites (tertiary alicyclic amines) is 2. The molecule has 1 amide bonds. The molecule has 0 radical (unpaired) electrons. The smallest absolute Gasteiger partial charge is 0.223 e. The molecule has 0 saturated carbocycles. The fraction of sp³-hybridized carbons (Fsp3) is 0.750. The Labute approximate surface area is 196 Å². The van der Waals surface area contributed by atoms with E-state index in [0.29, 0.717) is 5.92 Å². The monoisotopic (exact) mass is 441 g/mol. The van der Waals surface area contributed by atoms with Crippen LogP contribution in [0.5, 0.6) is 0 Å². The lowest BCUT2D eigenvalue weighted by molar-refractivity contribution is -0.127. The number of primary amides is 1. The Morgan fingerprint density at radius 1 is 1.00 bits per heavy atom. The average molecular weight is 442 g/mol. The topological polar surface area (TPSA) is 49.6 Å². The van der Waals surface area contributed by atoms with Crippen molar-refractivity contribution in [2.75, 3.05) is 32.7 Å². The zero-order valence-corrected chi connectivity index (χ0v) is 21.1. The van der Waals surface area contributed by atoms with Crippen LogP contribution in [-0.4, -0.2) is 48.4 Å². The quantitative estimate of drug-likeness (QED) is 0.528. The van der Waals surface area contributed by atoms with Crippen molar-refractivity contribution in [3.8, 4) is 0 Å². The van der Waals surface area contributed by atoms with Gasteiger partial charge in [0, 0.05) is 12.0 Å². The fourth-order valence-electron chi connectivity index (χ4n) is 5.97. The number of rotatable bonds is 10. The lowest BCUT2D eigenvalue weighted by Gasteiger charge is -2.40. The predicted molar refractivity (Wildman–Crippen MR) is 135 cm³/mol. The number of piperidine rings is 2. The highest BCUT2D eigenvalue weighted by Crippen LogP contribution is 2.35. The van der Waals surface area contributed by atoms with E-state index < -0.39 is 5.41 Å². The van der Waals surface area contributed by atoms with Crippen molar-refractivity contribution in [1.82, 2.24) is 9.80 Å². The highest BCUT2D eigenvalue weighted by Gasteiger charge is 2.31. The summed E-state index contributed by atoms with van der Waals surface area (Å²) < 4.78 is 0. The van der Waals surface area contributed by atoms with Crippen LogP contribution in [0.2, 0.25) is 0 Å². The molecule has 0 spiro atoms. The summed E-state index contributed by atoms with van der Waals surface area (Å²) in [6.07, 6.45) is 8.46. The van der Waals surface area contributed by atoms with E-state index in [-0.39, 0.29) is 5.91 Å². The Bertz CT molecular complexity index is 702. The number of nitrogens with two attached hydrogens (primary N) is 1. The maximum atomic E-state index is 11.9. The van der Waals surface area contributed by atoms with Crippen LogP contribution in [0.3, 0.4) is 0 Å². The molecule has 0 aromatic heterocycles. The molecule has 4 heteroatoms. The second-order valence-electron chi connectivity index (χ2n) is 10.9. The number of hydrogen-bond acceptors (Lipinski definition) is 3. The van der Waals surface area contributed by atoms with Gasteiger partial charge < -0.3 is 10.6 Å². The molecule has 0 aliphatic carbocycles. The van der Waals surface area contributed by atoms with Crippen LogP contribution < -0.4 is 5.73 Å². The summed E-state index contributed by atoms with van der Waals surface area (Å²) in [6, 6.07) is 9.09. The average Bonchev–Trinajstić information content (AvgIpc) is 2.80. The molecule has 2 heterocycles. The minimum absolute atomic E-state index is 0.182. The first-order valence-corrected chi connectivity index (χ1v) is 13.2. The normalized spacial score (nSPS) is 22.5. The summed E-state index contributed by atoms with van der Waals surface area (Å²) in [5, 5.41) is 0. The molecule has 2 aliphatic heterocycles. The predicted octanol–water partition coefficient (Wildman–Crippen LogP) is 5.42. The molecule has 2 fully saturated rings. The van der Waals surface area contributed by atoms with Gasteiger partial charge in [-0.25, -0.2) is 0 Å². The van der Waals surface area contributed by atoms with Gasteiger partial charge in [-0.05, 0) is 107 Å². The van der Waals surface area contributed by atoms with Crippen molar-refractivity contribution in [3.63, 3.8) is 0 Å². The Kier molecular flexibility index (Phi) is 9.19. The SMILES string of the molecule is CCCN1CCC(C2CCN(Cc3ccc(C(C)CC(C)(CC)C(N)=O)cc3)CC2)CC1. The Morgan fingerprint density at radius 2 is 1.53 bits per heavy atom. The molecule has 0 bridgehead atoms. The Balaban J connectivity index is 1.44. The highest BCUT2D eigenvalue weighted by molar-refractivity contribution is 5.80. The van der Waals surface area contributed by atoms with Crippen LogP contribution in [0.4, 0.5) is 0 Å². The van der Waals surface area contributed by atoms with Crippen LogP contribution in [-0.2, 0) is 11.3 Å². The summed E-state index contributed by atoms with van der Waals surface area (Å²) >= 11 is 0. The van der Waals surface area contributed by atoms with E-state index in [1.165, 1.54) is 76.0 Å². The van der Waals surface area contributed by atoms with E-state index in [9.17, 15) is 4.79 Å². The second kappa shape index (κ2) is 11.7. The zero-order valence-electron chi connectivity index (χ0n) is 21.1. The summed E-state index contributed by atoms with van der Waals surface area (Å²) in [6.45, 7) is 16.0. The number of carbonyl (C=O) groups is 1. The van der Waals surface area contributed by atoms with Gasteiger partial charge in [0.05, 0.1) is 0 Å². The number of amides is 1. The van der Waals surface area contributed by atoms with Crippen molar-refractivity contribution in [2.24, 2.45) is 23.0 Å². The van der Waals surface area contributed by atoms with Gasteiger partial charge in [0.2, 0.25) is 5.91 Å². The number of carbonyl (C=O) groups excluding carboxylic acids is 1. The molecule has 4 nitrogen and oxygen atoms in total. The first kappa shape index (κ1) is 25.2. The third-order valence-corrected chi connectivity index (χ3v) is 8.56. The van der Waals surface area contributed by atoms with Crippen LogP contribution in [0, 0.1) is 17.3 Å². The molecular weight excluding hydrogens is 394 g/mol. The van der Waals surface area contributed by atoms with Crippen LogP contribution >= 0.6 is 0 Å². The molecule has 2 N–H and O–H groups in total. The highest BCUT2D eigenvalue weighted by atomic mass is 16.1. The molecule has 2 aliphatic rings. The number of benzene rings is 1. The maximum absolute atomic E-state index is 11.9. The largest absolute Gasteiger partial charge is 0.369 e. The van der Waals surface area contributed by atoms with E-state index in [1.54, 1.807) is 0 Å². The minimum Gasteiger partial charge on any atom is -0.369 e. The maximum Gasteiger partial charge on any atom is 0.223 e. The number of hydrogen-bond donors (Lipinski definition) is 1. The van der Waals surface area contributed by atoms with Crippen molar-refractivity contribution in [3.05, 3.63) is 35.4 Å². The molecule has 2 unspecified atom stereocenters. The van der Waals surface area contributed by atoms with Gasteiger partial charge in [-0.15, -0.1) is 0 Å². The van der Waals surface area contributed by atoms with Gasteiger partial charge in [-0.2, -0.15) is 0 Å². The zero-order chi connectivity index (χ0) is 23.1. The standard InChI is InChI=1S/C28H47N3O/c1-5-15-30-16-11-25(12-17-30)26-13-18-31(19-14-26)21-23-7-9-24(10-8-23)22(3)20-28(4,6-2)27(29)32/h7-10,22,25-26H,5-6,11-21H2,1-4H3,(H2,29,32). The molecule has 3 rings (SSSR count). The molecule has 2 atom stereocenters. The lowest BCUT2D eigenvalue weighted by Crippen LogP contribution is -2.40.